The minimum atomic E-state index is -0.317. The molecular weight excluding hydrogens is 266 g/mol. The Kier molecular flexibility index (Phi) is 5.17. The third-order valence-electron chi connectivity index (χ3n) is 4.32. The first-order valence-electron chi connectivity index (χ1n) is 7.74. The van der Waals surface area contributed by atoms with Crippen LogP contribution in [-0.4, -0.2) is 29.5 Å². The van der Waals surface area contributed by atoms with Crippen LogP contribution in [0.3, 0.4) is 0 Å². The van der Waals surface area contributed by atoms with Crippen molar-refractivity contribution in [1.82, 2.24) is 4.90 Å². The zero-order valence-electron chi connectivity index (χ0n) is 13.1. The summed E-state index contributed by atoms with van der Waals surface area (Å²) < 4.78 is 0. The van der Waals surface area contributed by atoms with Gasteiger partial charge in [-0.3, -0.25) is 15.0 Å². The van der Waals surface area contributed by atoms with Gasteiger partial charge in [0, 0.05) is 44.0 Å². The smallest absolute Gasteiger partial charge is 0.269 e. The van der Waals surface area contributed by atoms with Crippen molar-refractivity contribution in [2.75, 3.05) is 25.0 Å². The molecule has 5 nitrogen and oxygen atoms in total. The molecule has 1 heterocycles. The van der Waals surface area contributed by atoms with Gasteiger partial charge in [0.1, 0.15) is 0 Å². The van der Waals surface area contributed by atoms with Crippen LogP contribution >= 0.6 is 0 Å². The van der Waals surface area contributed by atoms with E-state index in [0.717, 1.165) is 43.9 Å². The third kappa shape index (κ3) is 3.94. The van der Waals surface area contributed by atoms with Crippen LogP contribution in [0.15, 0.2) is 18.2 Å². The average Bonchev–Trinajstić information content (AvgIpc) is 2.75. The van der Waals surface area contributed by atoms with E-state index in [4.69, 9.17) is 0 Å². The Morgan fingerprint density at radius 3 is 2.57 bits per heavy atom. The molecule has 2 atom stereocenters. The van der Waals surface area contributed by atoms with Crippen LogP contribution in [0, 0.1) is 22.0 Å². The predicted octanol–water partition coefficient (Wildman–Crippen LogP) is 3.50. The van der Waals surface area contributed by atoms with Crippen molar-refractivity contribution in [2.45, 2.75) is 33.7 Å². The van der Waals surface area contributed by atoms with Crippen molar-refractivity contribution >= 4 is 11.4 Å². The first-order chi connectivity index (χ1) is 10.0. The summed E-state index contributed by atoms with van der Waals surface area (Å²) in [6.07, 6.45) is 1.04. The summed E-state index contributed by atoms with van der Waals surface area (Å²) in [7, 11) is 0. The third-order valence-corrected chi connectivity index (χ3v) is 4.32. The van der Waals surface area contributed by atoms with Crippen LogP contribution < -0.4 is 5.32 Å². The standard InChI is InChI=1S/C16H25N3O2/c1-4-7-17-16-6-5-15(19(20)21)8-14(16)11-18-9-12(2)13(3)10-18/h5-6,8,12-13,17H,4,7,9-11H2,1-3H3. The van der Waals surface area contributed by atoms with Crippen molar-refractivity contribution in [2.24, 2.45) is 11.8 Å². The van der Waals surface area contributed by atoms with Crippen molar-refractivity contribution in [3.8, 4) is 0 Å². The maximum absolute atomic E-state index is 11.0. The molecule has 0 radical (unpaired) electrons. The fourth-order valence-electron chi connectivity index (χ4n) is 2.88. The molecule has 0 bridgehead atoms. The highest BCUT2D eigenvalue weighted by Gasteiger charge is 2.26. The monoisotopic (exact) mass is 291 g/mol. The second-order valence-electron chi connectivity index (χ2n) is 6.17. The lowest BCUT2D eigenvalue weighted by Gasteiger charge is -2.18. The number of nitro groups is 1. The Balaban J connectivity index is 2.17. The van der Waals surface area contributed by atoms with Crippen molar-refractivity contribution in [1.29, 1.82) is 0 Å². The van der Waals surface area contributed by atoms with E-state index in [1.54, 1.807) is 12.1 Å². The topological polar surface area (TPSA) is 58.4 Å². The number of non-ortho nitro benzene ring substituents is 1. The first-order valence-corrected chi connectivity index (χ1v) is 7.74. The fraction of sp³-hybridized carbons (Fsp3) is 0.625. The van der Waals surface area contributed by atoms with Gasteiger partial charge in [-0.05, 0) is 29.9 Å². The molecular formula is C16H25N3O2. The molecule has 1 aliphatic heterocycles. The number of anilines is 1. The van der Waals surface area contributed by atoms with E-state index in [2.05, 4.69) is 31.0 Å². The normalized spacial score (nSPS) is 22.4. The number of nitro benzene ring substituents is 1. The van der Waals surface area contributed by atoms with Crippen LogP contribution in [0.4, 0.5) is 11.4 Å². The number of likely N-dealkylation sites (tertiary alicyclic amines) is 1. The van der Waals surface area contributed by atoms with Crippen LogP contribution in [0.5, 0.6) is 0 Å². The van der Waals surface area contributed by atoms with Gasteiger partial charge in [0.05, 0.1) is 4.92 Å². The van der Waals surface area contributed by atoms with E-state index in [1.165, 1.54) is 0 Å². The van der Waals surface area contributed by atoms with Crippen LogP contribution in [0.25, 0.3) is 0 Å². The summed E-state index contributed by atoms with van der Waals surface area (Å²) in [5.74, 6) is 1.38. The van der Waals surface area contributed by atoms with E-state index >= 15 is 0 Å². The lowest BCUT2D eigenvalue weighted by atomic mass is 10.0. The molecule has 2 rings (SSSR count). The molecule has 1 N–H and O–H groups in total. The first kappa shape index (κ1) is 15.8. The van der Waals surface area contributed by atoms with Crippen LogP contribution in [-0.2, 0) is 6.54 Å². The Morgan fingerprint density at radius 1 is 1.33 bits per heavy atom. The quantitative estimate of drug-likeness (QED) is 0.643. The molecule has 1 aliphatic rings. The molecule has 0 aromatic heterocycles. The van der Waals surface area contributed by atoms with E-state index < -0.39 is 0 Å². The maximum atomic E-state index is 11.0. The zero-order valence-corrected chi connectivity index (χ0v) is 13.1. The number of rotatable bonds is 6. The molecule has 0 spiro atoms. The predicted molar refractivity (Wildman–Crippen MR) is 85.5 cm³/mol. The summed E-state index contributed by atoms with van der Waals surface area (Å²) in [5.41, 5.74) is 2.22. The van der Waals surface area contributed by atoms with Crippen LogP contribution in [0.2, 0.25) is 0 Å². The SMILES string of the molecule is CCCNc1ccc([N+](=O)[O-])cc1CN1CC(C)C(C)C1. The van der Waals surface area contributed by atoms with E-state index in [-0.39, 0.29) is 10.6 Å². The summed E-state index contributed by atoms with van der Waals surface area (Å²) in [4.78, 5) is 13.1. The lowest BCUT2D eigenvalue weighted by molar-refractivity contribution is -0.384. The fourth-order valence-corrected chi connectivity index (χ4v) is 2.88. The Bertz CT molecular complexity index is 494. The number of nitrogens with one attached hydrogen (secondary N) is 1. The summed E-state index contributed by atoms with van der Waals surface area (Å²) in [5, 5.41) is 14.4. The Morgan fingerprint density at radius 2 is 2.00 bits per heavy atom. The van der Waals surface area contributed by atoms with Gasteiger partial charge in [-0.15, -0.1) is 0 Å². The van der Waals surface area contributed by atoms with Gasteiger partial charge in [-0.25, -0.2) is 0 Å². The molecule has 21 heavy (non-hydrogen) atoms. The minimum Gasteiger partial charge on any atom is -0.385 e. The van der Waals surface area contributed by atoms with Gasteiger partial charge in [-0.2, -0.15) is 0 Å². The number of hydrogen-bond acceptors (Lipinski definition) is 4. The molecule has 0 saturated carbocycles. The molecule has 2 unspecified atom stereocenters. The van der Waals surface area contributed by atoms with Gasteiger partial charge in [-0.1, -0.05) is 20.8 Å². The molecule has 1 fully saturated rings. The number of nitrogens with zero attached hydrogens (tertiary/aromatic N) is 2. The van der Waals surface area contributed by atoms with Gasteiger partial charge in [0.25, 0.3) is 5.69 Å². The van der Waals surface area contributed by atoms with Gasteiger partial charge >= 0.3 is 0 Å². The van der Waals surface area contributed by atoms with Crippen molar-refractivity contribution in [3.63, 3.8) is 0 Å². The summed E-state index contributed by atoms with van der Waals surface area (Å²) in [6, 6.07) is 5.13. The molecule has 5 heteroatoms. The number of benzene rings is 1. The summed E-state index contributed by atoms with van der Waals surface area (Å²) in [6.45, 7) is 10.5. The van der Waals surface area contributed by atoms with Gasteiger partial charge in [0.2, 0.25) is 0 Å². The molecule has 116 valence electrons. The summed E-state index contributed by atoms with van der Waals surface area (Å²) >= 11 is 0. The van der Waals surface area contributed by atoms with E-state index in [9.17, 15) is 10.1 Å². The average molecular weight is 291 g/mol. The van der Waals surface area contributed by atoms with Crippen molar-refractivity contribution < 1.29 is 4.92 Å². The number of hydrogen-bond donors (Lipinski definition) is 1. The highest BCUT2D eigenvalue weighted by molar-refractivity contribution is 5.56. The Labute approximate surface area is 126 Å². The molecule has 1 aromatic rings. The minimum absolute atomic E-state index is 0.173. The highest BCUT2D eigenvalue weighted by atomic mass is 16.6. The van der Waals surface area contributed by atoms with E-state index in [0.29, 0.717) is 11.8 Å². The van der Waals surface area contributed by atoms with Crippen molar-refractivity contribution in [3.05, 3.63) is 33.9 Å². The molecule has 1 aromatic carbocycles. The van der Waals surface area contributed by atoms with Gasteiger partial charge in [0.15, 0.2) is 0 Å². The Hall–Kier alpha value is -1.62. The second-order valence-corrected chi connectivity index (χ2v) is 6.17. The largest absolute Gasteiger partial charge is 0.385 e. The maximum Gasteiger partial charge on any atom is 0.269 e. The molecule has 0 amide bonds. The lowest BCUT2D eigenvalue weighted by Crippen LogP contribution is -2.21. The van der Waals surface area contributed by atoms with E-state index in [1.807, 2.05) is 6.07 Å². The van der Waals surface area contributed by atoms with Crippen LogP contribution in [0.1, 0.15) is 32.8 Å². The highest BCUT2D eigenvalue weighted by Crippen LogP contribution is 2.28. The second kappa shape index (κ2) is 6.89. The molecule has 0 aliphatic carbocycles. The van der Waals surface area contributed by atoms with Gasteiger partial charge < -0.3 is 5.32 Å². The zero-order chi connectivity index (χ0) is 15.4. The molecule has 1 saturated heterocycles.